The van der Waals surface area contributed by atoms with E-state index in [-0.39, 0.29) is 50.9 Å². The van der Waals surface area contributed by atoms with Crippen molar-refractivity contribution in [2.75, 3.05) is 6.54 Å². The molecular formula is C42H62N10O9. The molecule has 0 aliphatic rings. The molecule has 6 atom stereocenters. The predicted molar refractivity (Wildman–Crippen MR) is 226 cm³/mol. The zero-order valence-corrected chi connectivity index (χ0v) is 35.1. The molecule has 19 heteroatoms. The summed E-state index contributed by atoms with van der Waals surface area (Å²) >= 11 is 0. The Morgan fingerprint density at radius 3 is 1.49 bits per heavy atom. The molecule has 0 aliphatic heterocycles. The number of hydrogen-bond donors (Lipinski definition) is 10. The highest BCUT2D eigenvalue weighted by Crippen LogP contribution is 2.10. The summed E-state index contributed by atoms with van der Waals surface area (Å²) in [7, 11) is 0. The van der Waals surface area contributed by atoms with Gasteiger partial charge in [-0.2, -0.15) is 0 Å². The van der Waals surface area contributed by atoms with Gasteiger partial charge in [0, 0.05) is 25.7 Å². The van der Waals surface area contributed by atoms with Crippen LogP contribution in [-0.2, 0) is 56.0 Å². The first kappa shape index (κ1) is 50.8. The molecule has 2 rings (SSSR count). The van der Waals surface area contributed by atoms with Crippen LogP contribution in [0.5, 0.6) is 0 Å². The first-order chi connectivity index (χ1) is 28.9. The lowest BCUT2D eigenvalue weighted by atomic mass is 10.0. The van der Waals surface area contributed by atoms with Crippen LogP contribution in [0.1, 0.15) is 83.3 Å². The second-order valence-corrected chi connectivity index (χ2v) is 15.3. The summed E-state index contributed by atoms with van der Waals surface area (Å²) in [6.07, 6.45) is 1.02. The molecule has 9 amide bonds. The average Bonchev–Trinajstić information content (AvgIpc) is 3.21. The lowest BCUT2D eigenvalue weighted by Gasteiger charge is -2.26. The summed E-state index contributed by atoms with van der Waals surface area (Å²) in [5.74, 6) is -6.71. The van der Waals surface area contributed by atoms with Crippen molar-refractivity contribution in [3.05, 3.63) is 71.8 Å². The molecule has 2 aromatic carbocycles. The van der Waals surface area contributed by atoms with Crippen LogP contribution < -0.4 is 54.8 Å². The number of amides is 9. The van der Waals surface area contributed by atoms with Crippen molar-refractivity contribution in [3.8, 4) is 0 Å². The number of unbranched alkanes of at least 4 members (excludes halogenated alkanes) is 1. The molecule has 61 heavy (non-hydrogen) atoms. The van der Waals surface area contributed by atoms with Crippen molar-refractivity contribution < 1.29 is 43.2 Å². The molecule has 0 spiro atoms. The van der Waals surface area contributed by atoms with E-state index in [2.05, 4.69) is 31.9 Å². The average molecular weight is 851 g/mol. The highest BCUT2D eigenvalue weighted by molar-refractivity contribution is 5.97. The molecule has 14 N–H and O–H groups in total. The maximum atomic E-state index is 14.1. The number of rotatable bonds is 28. The number of hydrogen-bond acceptors (Lipinski definition) is 10. The Hall–Kier alpha value is -6.37. The summed E-state index contributed by atoms with van der Waals surface area (Å²) in [5, 5.41) is 15.5. The highest BCUT2D eigenvalue weighted by atomic mass is 16.2. The van der Waals surface area contributed by atoms with E-state index in [4.69, 9.17) is 22.9 Å². The molecular weight excluding hydrogens is 789 g/mol. The molecule has 2 aromatic rings. The Labute approximate surface area is 356 Å². The fraction of sp³-hybridized carbons (Fsp3) is 0.500. The van der Waals surface area contributed by atoms with Gasteiger partial charge in [0.15, 0.2) is 0 Å². The summed E-state index contributed by atoms with van der Waals surface area (Å²) < 4.78 is 0. The summed E-state index contributed by atoms with van der Waals surface area (Å²) in [5.41, 5.74) is 23.2. The maximum absolute atomic E-state index is 14.1. The van der Waals surface area contributed by atoms with Gasteiger partial charge in [-0.15, -0.1) is 0 Å². The number of carbonyl (C=O) groups excluding carboxylic acids is 9. The molecule has 0 saturated heterocycles. The van der Waals surface area contributed by atoms with Crippen LogP contribution in [0.4, 0.5) is 0 Å². The van der Waals surface area contributed by atoms with Crippen LogP contribution in [0.2, 0.25) is 0 Å². The lowest BCUT2D eigenvalue weighted by Crippen LogP contribution is -2.59. The zero-order valence-electron chi connectivity index (χ0n) is 35.1. The monoisotopic (exact) mass is 850 g/mol. The van der Waals surface area contributed by atoms with Gasteiger partial charge in [-0.25, -0.2) is 0 Å². The molecule has 334 valence electrons. The van der Waals surface area contributed by atoms with Gasteiger partial charge in [0.25, 0.3) is 0 Å². The number of nitrogens with one attached hydrogen (secondary N) is 6. The Morgan fingerprint density at radius 2 is 1.00 bits per heavy atom. The summed E-state index contributed by atoms with van der Waals surface area (Å²) in [4.78, 5) is 116. The Kier molecular flexibility index (Phi) is 22.2. The van der Waals surface area contributed by atoms with Gasteiger partial charge < -0.3 is 54.8 Å². The molecule has 19 nitrogen and oxygen atoms in total. The van der Waals surface area contributed by atoms with Crippen LogP contribution in [-0.4, -0.2) is 96.0 Å². The van der Waals surface area contributed by atoms with Gasteiger partial charge >= 0.3 is 0 Å². The van der Waals surface area contributed by atoms with Crippen LogP contribution >= 0.6 is 0 Å². The van der Waals surface area contributed by atoms with Crippen LogP contribution in [0.15, 0.2) is 60.7 Å². The number of primary amides is 3. The van der Waals surface area contributed by atoms with Gasteiger partial charge in [0.1, 0.15) is 30.2 Å². The van der Waals surface area contributed by atoms with Crippen molar-refractivity contribution in [3.63, 3.8) is 0 Å². The fourth-order valence-corrected chi connectivity index (χ4v) is 6.13. The molecule has 0 fully saturated rings. The van der Waals surface area contributed by atoms with Gasteiger partial charge in [-0.1, -0.05) is 94.3 Å². The van der Waals surface area contributed by atoms with E-state index in [1.807, 2.05) is 20.8 Å². The molecule has 0 aliphatic carbocycles. The van der Waals surface area contributed by atoms with E-state index in [1.165, 1.54) is 0 Å². The first-order valence-corrected chi connectivity index (χ1v) is 20.4. The normalized spacial score (nSPS) is 13.9. The standard InChI is InChI=1S/C42H62N10O9/c1-4-5-16-29(37(46)56)49-41(60)31(21-25(2)3)48-36(55)24-47-39(58)32(22-26-12-8-6-9-13-26)51-42(61)33(23-27-14-10-7-11-15-27)52-40(59)30(18-20-35(45)54)50-38(57)28(43)17-19-34(44)53/h6-15,25,28-33H,4-5,16-24,43H2,1-3H3,(H2,44,53)(H2,45,54)(H2,46,56)(H,47,58)(H,48,55)(H,49,60)(H,50,57)(H,51,61)(H,52,59)/t28-,29-,30-,31-,32-,33-/m0/s1. The highest BCUT2D eigenvalue weighted by Gasteiger charge is 2.32. The maximum Gasteiger partial charge on any atom is 0.243 e. The van der Waals surface area contributed by atoms with E-state index in [1.54, 1.807) is 60.7 Å². The Morgan fingerprint density at radius 1 is 0.541 bits per heavy atom. The van der Waals surface area contributed by atoms with E-state index < -0.39 is 96.0 Å². The van der Waals surface area contributed by atoms with E-state index in [0.717, 1.165) is 6.42 Å². The quantitative estimate of drug-likeness (QED) is 0.0477. The Bertz CT molecular complexity index is 1800. The number of nitrogens with two attached hydrogens (primary N) is 4. The molecule has 0 aromatic heterocycles. The predicted octanol–water partition coefficient (Wildman–Crippen LogP) is -1.41. The minimum Gasteiger partial charge on any atom is -0.370 e. The third kappa shape index (κ3) is 20.0. The van der Waals surface area contributed by atoms with Crippen LogP contribution in [0.3, 0.4) is 0 Å². The number of benzene rings is 2. The summed E-state index contributed by atoms with van der Waals surface area (Å²) in [6.45, 7) is 5.05. The van der Waals surface area contributed by atoms with Gasteiger partial charge in [0.05, 0.1) is 12.6 Å². The van der Waals surface area contributed by atoms with Crippen molar-refractivity contribution in [1.29, 1.82) is 0 Å². The van der Waals surface area contributed by atoms with E-state index in [0.29, 0.717) is 24.0 Å². The number of carbonyl (C=O) groups is 9. The third-order valence-electron chi connectivity index (χ3n) is 9.47. The van der Waals surface area contributed by atoms with Crippen LogP contribution in [0, 0.1) is 5.92 Å². The van der Waals surface area contributed by atoms with Gasteiger partial charge in [-0.3, -0.25) is 43.2 Å². The molecule has 0 radical (unpaired) electrons. The smallest absolute Gasteiger partial charge is 0.243 e. The first-order valence-electron chi connectivity index (χ1n) is 20.4. The largest absolute Gasteiger partial charge is 0.370 e. The van der Waals surface area contributed by atoms with Crippen molar-refractivity contribution in [1.82, 2.24) is 31.9 Å². The second-order valence-electron chi connectivity index (χ2n) is 15.3. The van der Waals surface area contributed by atoms with E-state index in [9.17, 15) is 43.2 Å². The van der Waals surface area contributed by atoms with Crippen molar-refractivity contribution in [2.45, 2.75) is 121 Å². The lowest BCUT2D eigenvalue weighted by molar-refractivity contribution is -0.134. The van der Waals surface area contributed by atoms with Gasteiger partial charge in [-0.05, 0) is 42.7 Å². The SMILES string of the molecule is CCCC[C@H](NC(=O)[C@H](CC(C)C)NC(=O)CNC(=O)[C@H](Cc1ccccc1)NC(=O)[C@H](Cc1ccccc1)NC(=O)[C@H](CCC(N)=O)NC(=O)[C@@H](N)CCC(N)=O)C(N)=O. The second kappa shape index (κ2) is 26.7. The van der Waals surface area contributed by atoms with E-state index >= 15 is 0 Å². The molecule has 0 heterocycles. The zero-order chi connectivity index (χ0) is 45.5. The summed E-state index contributed by atoms with van der Waals surface area (Å²) in [6, 6.07) is 10.2. The van der Waals surface area contributed by atoms with Crippen LogP contribution in [0.25, 0.3) is 0 Å². The molecule has 0 bridgehead atoms. The fourth-order valence-electron chi connectivity index (χ4n) is 6.13. The minimum absolute atomic E-state index is 0.0306. The van der Waals surface area contributed by atoms with Gasteiger partial charge in [0.2, 0.25) is 53.2 Å². The van der Waals surface area contributed by atoms with Crippen molar-refractivity contribution >= 4 is 53.2 Å². The molecule has 0 saturated carbocycles. The Balaban J connectivity index is 2.33. The van der Waals surface area contributed by atoms with Crippen molar-refractivity contribution in [2.24, 2.45) is 28.9 Å². The topological polar surface area (TPSA) is 330 Å². The minimum atomic E-state index is -1.38. The third-order valence-corrected chi connectivity index (χ3v) is 9.47. The molecule has 0 unspecified atom stereocenters.